The van der Waals surface area contributed by atoms with Gasteiger partial charge in [-0.05, 0) is 17.7 Å². The predicted octanol–water partition coefficient (Wildman–Crippen LogP) is 3.38. The number of fused-ring (bicyclic) bond motifs is 1. The van der Waals surface area contributed by atoms with Crippen LogP contribution >= 0.6 is 0 Å². The van der Waals surface area contributed by atoms with Gasteiger partial charge in [0.25, 0.3) is 5.72 Å². The van der Waals surface area contributed by atoms with E-state index in [-0.39, 0.29) is 11.3 Å². The second-order valence-corrected chi connectivity index (χ2v) is 4.30. The number of carboxylic acid groups (broad SMARTS) is 1. The van der Waals surface area contributed by atoms with Crippen LogP contribution in [-0.4, -0.2) is 29.3 Å². The minimum atomic E-state index is -5.72. The van der Waals surface area contributed by atoms with Gasteiger partial charge in [0.05, 0.1) is 5.57 Å². The number of alkyl halides is 6. The molecule has 2 rings (SSSR count). The van der Waals surface area contributed by atoms with E-state index in [2.05, 4.69) is 4.74 Å². The molecule has 0 saturated carbocycles. The van der Waals surface area contributed by atoms with Gasteiger partial charge >= 0.3 is 18.5 Å². The maximum Gasteiger partial charge on any atom is 0.525 e. The van der Waals surface area contributed by atoms with E-state index in [9.17, 15) is 31.1 Å². The van der Waals surface area contributed by atoms with Crippen LogP contribution in [0.4, 0.5) is 32.0 Å². The third-order valence-electron chi connectivity index (χ3n) is 2.85. The van der Waals surface area contributed by atoms with Crippen molar-refractivity contribution in [2.24, 2.45) is 0 Å². The molecule has 0 aliphatic carbocycles. The standard InChI is InChI=1S/C12H7F6NO3/c13-11(14,15)10(22-12(16,17)18)7(9(20)21)5-6-3-1-2-4-8(6)19-10/h1-5,19H,(H,20,21). The van der Waals surface area contributed by atoms with Gasteiger partial charge in [0.1, 0.15) is 0 Å². The summed E-state index contributed by atoms with van der Waals surface area (Å²) < 4.78 is 80.2. The van der Waals surface area contributed by atoms with E-state index in [0.29, 0.717) is 6.08 Å². The van der Waals surface area contributed by atoms with Crippen molar-refractivity contribution in [3.8, 4) is 0 Å². The minimum absolute atomic E-state index is 0.00875. The Morgan fingerprint density at radius 3 is 2.23 bits per heavy atom. The molecule has 1 aromatic carbocycles. The second kappa shape index (κ2) is 4.90. The molecule has 0 fully saturated rings. The number of hydrogen-bond acceptors (Lipinski definition) is 3. The van der Waals surface area contributed by atoms with E-state index in [0.717, 1.165) is 6.07 Å². The van der Waals surface area contributed by atoms with Crippen LogP contribution in [0.1, 0.15) is 5.56 Å². The highest BCUT2D eigenvalue weighted by molar-refractivity contribution is 5.98. The molecule has 1 aromatic rings. The zero-order valence-corrected chi connectivity index (χ0v) is 10.4. The van der Waals surface area contributed by atoms with E-state index in [1.807, 2.05) is 0 Å². The van der Waals surface area contributed by atoms with Gasteiger partial charge < -0.3 is 10.4 Å². The van der Waals surface area contributed by atoms with Crippen molar-refractivity contribution in [1.82, 2.24) is 0 Å². The summed E-state index contributed by atoms with van der Waals surface area (Å²) in [5.74, 6) is -2.19. The van der Waals surface area contributed by atoms with Crippen LogP contribution in [0.2, 0.25) is 0 Å². The lowest BCUT2D eigenvalue weighted by atomic mass is 9.93. The number of aliphatic carboxylic acids is 1. The number of carbonyl (C=O) groups is 1. The first-order chi connectivity index (χ1) is 9.96. The third kappa shape index (κ3) is 2.73. The maximum atomic E-state index is 13.2. The Kier molecular flexibility index (Phi) is 3.60. The molecule has 0 aromatic heterocycles. The van der Waals surface area contributed by atoms with E-state index in [1.165, 1.54) is 23.5 Å². The first-order valence-corrected chi connectivity index (χ1v) is 5.62. The summed E-state index contributed by atoms with van der Waals surface area (Å²) in [6, 6.07) is 4.99. The Bertz CT molecular complexity index is 636. The van der Waals surface area contributed by atoms with Crippen molar-refractivity contribution in [2.75, 3.05) is 5.32 Å². The summed E-state index contributed by atoms with van der Waals surface area (Å²) in [5.41, 5.74) is -6.19. The van der Waals surface area contributed by atoms with Crippen molar-refractivity contribution < 1.29 is 41.0 Å². The molecule has 1 atom stereocenters. The van der Waals surface area contributed by atoms with Crippen LogP contribution in [0, 0.1) is 0 Å². The molecule has 0 radical (unpaired) electrons. The van der Waals surface area contributed by atoms with Crippen molar-refractivity contribution in [1.29, 1.82) is 0 Å². The largest absolute Gasteiger partial charge is 0.525 e. The summed E-state index contributed by atoms with van der Waals surface area (Å²) in [7, 11) is 0. The molecule has 1 aliphatic rings. The van der Waals surface area contributed by atoms with Crippen LogP contribution in [0.25, 0.3) is 6.08 Å². The summed E-state index contributed by atoms with van der Waals surface area (Å²) in [4.78, 5) is 11.1. The Morgan fingerprint density at radius 1 is 1.14 bits per heavy atom. The smallest absolute Gasteiger partial charge is 0.478 e. The topological polar surface area (TPSA) is 58.6 Å². The summed E-state index contributed by atoms with van der Waals surface area (Å²) in [6.45, 7) is 0. The number of nitrogens with one attached hydrogen (secondary N) is 1. The van der Waals surface area contributed by atoms with Crippen LogP contribution in [0.3, 0.4) is 0 Å². The molecule has 4 nitrogen and oxygen atoms in total. The highest BCUT2D eigenvalue weighted by Gasteiger charge is 2.66. The molecular formula is C12H7F6NO3. The van der Waals surface area contributed by atoms with Gasteiger partial charge in [-0.1, -0.05) is 18.2 Å². The average Bonchev–Trinajstić information content (AvgIpc) is 2.34. The Hall–Kier alpha value is -2.23. The molecule has 1 aliphatic heterocycles. The predicted molar refractivity (Wildman–Crippen MR) is 61.6 cm³/mol. The number of anilines is 1. The molecule has 0 amide bonds. The van der Waals surface area contributed by atoms with Gasteiger partial charge in [-0.15, -0.1) is 13.2 Å². The number of hydrogen-bond donors (Lipinski definition) is 2. The fourth-order valence-corrected chi connectivity index (χ4v) is 2.00. The Labute approximate surface area is 119 Å². The highest BCUT2D eigenvalue weighted by Crippen LogP contribution is 2.47. The molecule has 0 spiro atoms. The molecular weight excluding hydrogens is 320 g/mol. The molecule has 0 saturated heterocycles. The third-order valence-corrected chi connectivity index (χ3v) is 2.85. The second-order valence-electron chi connectivity index (χ2n) is 4.30. The molecule has 1 unspecified atom stereocenters. The fourth-order valence-electron chi connectivity index (χ4n) is 2.00. The maximum absolute atomic E-state index is 13.2. The highest BCUT2D eigenvalue weighted by atomic mass is 19.4. The van der Waals surface area contributed by atoms with Gasteiger partial charge in [0, 0.05) is 5.69 Å². The minimum Gasteiger partial charge on any atom is -0.478 e. The van der Waals surface area contributed by atoms with Crippen molar-refractivity contribution in [3.05, 3.63) is 35.4 Å². The van der Waals surface area contributed by atoms with Gasteiger partial charge in [0.15, 0.2) is 0 Å². The monoisotopic (exact) mass is 327 g/mol. The van der Waals surface area contributed by atoms with E-state index >= 15 is 0 Å². The van der Waals surface area contributed by atoms with Gasteiger partial charge in [-0.3, -0.25) is 4.74 Å². The molecule has 0 bridgehead atoms. The van der Waals surface area contributed by atoms with Gasteiger partial charge in [0.2, 0.25) is 0 Å². The molecule has 2 N–H and O–H groups in total. The average molecular weight is 327 g/mol. The number of benzene rings is 1. The lowest BCUT2D eigenvalue weighted by molar-refractivity contribution is -0.398. The number of ether oxygens (including phenoxy) is 1. The first kappa shape index (κ1) is 16.1. The SMILES string of the molecule is O=C(O)C1=Cc2ccccc2NC1(OC(F)(F)F)C(F)(F)F. The van der Waals surface area contributed by atoms with E-state index in [1.54, 1.807) is 0 Å². The number of rotatable bonds is 2. The normalized spacial score (nSPS) is 21.6. The lowest BCUT2D eigenvalue weighted by Crippen LogP contribution is -2.60. The summed E-state index contributed by atoms with van der Waals surface area (Å²) in [5, 5.41) is 10.4. The molecule has 120 valence electrons. The fraction of sp³-hybridized carbons (Fsp3) is 0.250. The number of carboxylic acids is 1. The van der Waals surface area contributed by atoms with Crippen LogP contribution in [-0.2, 0) is 9.53 Å². The van der Waals surface area contributed by atoms with Gasteiger partial charge in [-0.25, -0.2) is 4.79 Å². The lowest BCUT2D eigenvalue weighted by Gasteiger charge is -2.40. The molecule has 10 heteroatoms. The van der Waals surface area contributed by atoms with E-state index < -0.39 is 29.8 Å². The van der Waals surface area contributed by atoms with Gasteiger partial charge in [-0.2, -0.15) is 13.2 Å². The van der Waals surface area contributed by atoms with Crippen molar-refractivity contribution in [2.45, 2.75) is 18.3 Å². The first-order valence-electron chi connectivity index (χ1n) is 5.62. The van der Waals surface area contributed by atoms with E-state index in [4.69, 9.17) is 5.11 Å². The number of para-hydroxylation sites is 1. The number of halogens is 6. The zero-order valence-electron chi connectivity index (χ0n) is 10.4. The zero-order chi connectivity index (χ0) is 16.8. The molecule has 22 heavy (non-hydrogen) atoms. The Balaban J connectivity index is 2.69. The molecule has 1 heterocycles. The van der Waals surface area contributed by atoms with Crippen LogP contribution in [0.5, 0.6) is 0 Å². The quantitative estimate of drug-likeness (QED) is 0.818. The summed E-state index contributed by atoms with van der Waals surface area (Å²) in [6.07, 6.45) is -10.9. The van der Waals surface area contributed by atoms with Crippen molar-refractivity contribution >= 4 is 17.7 Å². The van der Waals surface area contributed by atoms with Crippen LogP contribution < -0.4 is 5.32 Å². The van der Waals surface area contributed by atoms with Crippen molar-refractivity contribution in [3.63, 3.8) is 0 Å². The Morgan fingerprint density at radius 2 is 1.73 bits per heavy atom. The van der Waals surface area contributed by atoms with Crippen LogP contribution in [0.15, 0.2) is 29.8 Å². The summed E-state index contributed by atoms with van der Waals surface area (Å²) >= 11 is 0.